The van der Waals surface area contributed by atoms with Gasteiger partial charge in [0.1, 0.15) is 18.3 Å². The summed E-state index contributed by atoms with van der Waals surface area (Å²) in [4.78, 5) is 16.8. The molecule has 7 nitrogen and oxygen atoms in total. The van der Waals surface area contributed by atoms with Gasteiger partial charge in [-0.25, -0.2) is 4.39 Å². The lowest BCUT2D eigenvalue weighted by Crippen LogP contribution is -2.49. The van der Waals surface area contributed by atoms with Crippen LogP contribution in [0.4, 0.5) is 23.2 Å². The van der Waals surface area contributed by atoms with Crippen LogP contribution in [0.15, 0.2) is 42.7 Å². The van der Waals surface area contributed by atoms with Crippen molar-refractivity contribution in [2.75, 3.05) is 31.2 Å². The molecule has 4 heterocycles. The Balaban J connectivity index is 1.30. The minimum Gasteiger partial charge on any atom is -0.379 e. The number of ether oxygens (including phenoxy) is 1. The zero-order valence-electron chi connectivity index (χ0n) is 22.4. The number of hydrogen-bond donors (Lipinski definition) is 0. The fourth-order valence-corrected chi connectivity index (χ4v) is 6.00. The summed E-state index contributed by atoms with van der Waals surface area (Å²) in [6, 6.07) is 10.1. The maximum absolute atomic E-state index is 14.3. The van der Waals surface area contributed by atoms with Crippen molar-refractivity contribution in [2.24, 2.45) is 13.0 Å². The van der Waals surface area contributed by atoms with E-state index in [0.29, 0.717) is 43.9 Å². The number of anilines is 1. The molecule has 2 atom stereocenters. The van der Waals surface area contributed by atoms with E-state index in [0.717, 1.165) is 17.5 Å². The topological polar surface area (TPSA) is 63.5 Å². The van der Waals surface area contributed by atoms with Crippen LogP contribution in [0.5, 0.6) is 0 Å². The van der Waals surface area contributed by atoms with Gasteiger partial charge in [-0.3, -0.25) is 9.69 Å². The van der Waals surface area contributed by atoms with Gasteiger partial charge < -0.3 is 14.2 Å². The van der Waals surface area contributed by atoms with Gasteiger partial charge in [0.2, 0.25) is 0 Å². The van der Waals surface area contributed by atoms with Crippen molar-refractivity contribution in [3.8, 4) is 0 Å². The van der Waals surface area contributed by atoms with E-state index in [1.54, 1.807) is 18.5 Å². The van der Waals surface area contributed by atoms with E-state index in [4.69, 9.17) is 4.74 Å². The minimum atomic E-state index is -4.62. The number of halogens is 4. The molecule has 3 aromatic rings. The van der Waals surface area contributed by atoms with E-state index in [-0.39, 0.29) is 42.1 Å². The molecule has 0 unspecified atom stereocenters. The maximum Gasteiger partial charge on any atom is 0.416 e. The van der Waals surface area contributed by atoms with Crippen LogP contribution in [0, 0.1) is 5.92 Å². The second-order valence-corrected chi connectivity index (χ2v) is 11.4. The number of amides is 1. The van der Waals surface area contributed by atoms with E-state index in [1.165, 1.54) is 4.90 Å². The Bertz CT molecular complexity index is 1430. The van der Waals surface area contributed by atoms with Crippen molar-refractivity contribution in [2.45, 2.75) is 50.6 Å². The molecule has 6 rings (SSSR count). The van der Waals surface area contributed by atoms with E-state index in [1.807, 2.05) is 41.6 Å². The van der Waals surface area contributed by atoms with Crippen molar-refractivity contribution < 1.29 is 27.1 Å². The molecule has 0 bridgehead atoms. The molecular weight excluding hydrogens is 526 g/mol. The first kappa shape index (κ1) is 26.9. The molecule has 2 saturated heterocycles. The number of piperidine rings is 1. The summed E-state index contributed by atoms with van der Waals surface area (Å²) in [5.41, 5.74) is 0.687. The first-order valence-corrected chi connectivity index (χ1v) is 13.5. The van der Waals surface area contributed by atoms with E-state index >= 15 is 0 Å². The molecule has 40 heavy (non-hydrogen) atoms. The van der Waals surface area contributed by atoms with Crippen LogP contribution in [0.1, 0.15) is 51.8 Å². The molecule has 3 aliphatic heterocycles. The normalized spacial score (nSPS) is 22.9. The second-order valence-electron chi connectivity index (χ2n) is 11.4. The summed E-state index contributed by atoms with van der Waals surface area (Å²) in [5, 5.41) is 8.16. The Hall–Kier alpha value is -3.31. The molecule has 212 valence electrons. The van der Waals surface area contributed by atoms with Gasteiger partial charge in [0, 0.05) is 43.2 Å². The first-order chi connectivity index (χ1) is 19.0. The number of aryl methyl sites for hydroxylation is 1. The quantitative estimate of drug-likeness (QED) is 0.412. The predicted octanol–water partition coefficient (Wildman–Crippen LogP) is 4.68. The summed E-state index contributed by atoms with van der Waals surface area (Å²) >= 11 is 0. The third-order valence-corrected chi connectivity index (χ3v) is 8.59. The van der Waals surface area contributed by atoms with Crippen LogP contribution >= 0.6 is 0 Å². The van der Waals surface area contributed by atoms with Crippen LogP contribution in [0.3, 0.4) is 0 Å². The largest absolute Gasteiger partial charge is 0.416 e. The summed E-state index contributed by atoms with van der Waals surface area (Å²) < 4.78 is 64.4. The number of nitrogens with zero attached hydrogens (tertiary/aromatic N) is 5. The Labute approximate surface area is 229 Å². The molecule has 0 N–H and O–H groups in total. The van der Waals surface area contributed by atoms with E-state index in [2.05, 4.69) is 10.2 Å². The average molecular weight is 558 g/mol. The second kappa shape index (κ2) is 9.95. The zero-order valence-corrected chi connectivity index (χ0v) is 22.4. The molecule has 0 saturated carbocycles. The van der Waals surface area contributed by atoms with Crippen molar-refractivity contribution in [3.05, 3.63) is 76.4 Å². The molecule has 0 aliphatic carbocycles. The molecule has 11 heteroatoms. The Kier molecular flexibility index (Phi) is 6.69. The number of benzene rings is 2. The highest BCUT2D eigenvalue weighted by atomic mass is 19.4. The lowest BCUT2D eigenvalue weighted by molar-refractivity contribution is -0.138. The number of fused-ring (bicyclic) bond motifs is 1. The Morgan fingerprint density at radius 1 is 1.18 bits per heavy atom. The minimum absolute atomic E-state index is 0.0249. The van der Waals surface area contributed by atoms with E-state index < -0.39 is 23.8 Å². The predicted molar refractivity (Wildman–Crippen MR) is 140 cm³/mol. The smallest absolute Gasteiger partial charge is 0.379 e. The molecule has 3 aliphatic rings. The van der Waals surface area contributed by atoms with E-state index in [9.17, 15) is 22.4 Å². The Morgan fingerprint density at radius 3 is 2.62 bits per heavy atom. The van der Waals surface area contributed by atoms with Crippen LogP contribution in [-0.2, 0) is 42.9 Å². The van der Waals surface area contributed by atoms with Gasteiger partial charge in [-0.15, -0.1) is 10.2 Å². The van der Waals surface area contributed by atoms with Crippen LogP contribution < -0.4 is 4.90 Å². The van der Waals surface area contributed by atoms with Crippen molar-refractivity contribution in [1.82, 2.24) is 19.7 Å². The molecular formula is C29H31F4N5O2. The Morgan fingerprint density at radius 2 is 1.98 bits per heavy atom. The standard InChI is InChI=1S/C29H31F4N5O2/c1-18-6-7-37(14-25(18)30)12-19-8-22-23(24(9-19)29(31,32)33)13-38(27(22)39)21-5-3-4-20(10-21)28(15-40-16-28)11-26-35-34-17-36(26)2/h3-5,8-10,17-18,25H,6-7,11-16H2,1-2H3/t18-,25+/m0/s1. The van der Waals surface area contributed by atoms with Crippen molar-refractivity contribution in [1.29, 1.82) is 0 Å². The van der Waals surface area contributed by atoms with Gasteiger partial charge in [0.15, 0.2) is 0 Å². The maximum atomic E-state index is 14.3. The summed E-state index contributed by atoms with van der Waals surface area (Å²) in [6.07, 6.45) is -2.79. The number of alkyl halides is 4. The first-order valence-electron chi connectivity index (χ1n) is 13.5. The highest BCUT2D eigenvalue weighted by Gasteiger charge is 2.43. The molecule has 2 fully saturated rings. The number of hydrogen-bond acceptors (Lipinski definition) is 5. The van der Waals surface area contributed by atoms with Crippen molar-refractivity contribution >= 4 is 11.6 Å². The lowest BCUT2D eigenvalue weighted by Gasteiger charge is -2.42. The lowest BCUT2D eigenvalue weighted by atomic mass is 9.75. The van der Waals surface area contributed by atoms with Gasteiger partial charge in [-0.1, -0.05) is 19.1 Å². The van der Waals surface area contributed by atoms with Crippen molar-refractivity contribution in [3.63, 3.8) is 0 Å². The van der Waals surface area contributed by atoms with Gasteiger partial charge in [-0.2, -0.15) is 13.2 Å². The molecule has 0 radical (unpaired) electrons. The average Bonchev–Trinajstić information content (AvgIpc) is 3.45. The highest BCUT2D eigenvalue weighted by molar-refractivity contribution is 6.10. The molecule has 1 amide bonds. The molecule has 2 aromatic carbocycles. The third-order valence-electron chi connectivity index (χ3n) is 8.59. The highest BCUT2D eigenvalue weighted by Crippen LogP contribution is 2.42. The van der Waals surface area contributed by atoms with Gasteiger partial charge in [0.25, 0.3) is 5.91 Å². The number of carbonyl (C=O) groups is 1. The zero-order chi connectivity index (χ0) is 28.2. The van der Waals surface area contributed by atoms with Gasteiger partial charge in [0.05, 0.1) is 25.3 Å². The van der Waals surface area contributed by atoms with Crippen LogP contribution in [0.25, 0.3) is 0 Å². The number of likely N-dealkylation sites (tertiary alicyclic amines) is 1. The summed E-state index contributed by atoms with van der Waals surface area (Å²) in [6.45, 7) is 3.54. The summed E-state index contributed by atoms with van der Waals surface area (Å²) in [7, 11) is 1.87. The molecule has 1 aromatic heterocycles. The third kappa shape index (κ3) is 4.79. The molecule has 0 spiro atoms. The monoisotopic (exact) mass is 557 g/mol. The van der Waals surface area contributed by atoms with Gasteiger partial charge in [-0.05, 0) is 59.8 Å². The fraction of sp³-hybridized carbons (Fsp3) is 0.483. The SMILES string of the molecule is C[C@H]1CCN(Cc2cc3c(c(C(F)(F)F)c2)CN(c2cccc(C4(Cc5nncn5C)COC4)c2)C3=O)C[C@H]1F. The number of aromatic nitrogens is 3. The van der Waals surface area contributed by atoms with Crippen LogP contribution in [0.2, 0.25) is 0 Å². The number of rotatable bonds is 6. The summed E-state index contributed by atoms with van der Waals surface area (Å²) in [5.74, 6) is 0.254. The van der Waals surface area contributed by atoms with Gasteiger partial charge >= 0.3 is 6.18 Å². The van der Waals surface area contributed by atoms with Crippen LogP contribution in [-0.4, -0.2) is 58.0 Å². The fourth-order valence-electron chi connectivity index (χ4n) is 6.00. The number of carbonyl (C=O) groups excluding carboxylic acids is 1.